The summed E-state index contributed by atoms with van der Waals surface area (Å²) in [5.41, 5.74) is 0.663. The number of rotatable bonds is 3. The molecule has 1 fully saturated rings. The number of nitrogens with zero attached hydrogens (tertiary/aromatic N) is 3. The van der Waals surface area contributed by atoms with Crippen molar-refractivity contribution in [3.8, 4) is 0 Å². The van der Waals surface area contributed by atoms with Gasteiger partial charge in [-0.3, -0.25) is 14.8 Å². The maximum atomic E-state index is 12.4. The van der Waals surface area contributed by atoms with Crippen LogP contribution in [0.2, 0.25) is 0 Å². The predicted octanol–water partition coefficient (Wildman–Crippen LogP) is 0.442. The number of hydrogen-bond acceptors (Lipinski definition) is 4. The Labute approximate surface area is 121 Å². The summed E-state index contributed by atoms with van der Waals surface area (Å²) in [5.74, 6) is 0.837. The number of nitrogens with one attached hydrogen (secondary N) is 2. The number of likely N-dealkylation sites (tertiary alicyclic amines) is 1. The Bertz CT molecular complexity index is 663. The number of hydrogen-bond donors (Lipinski definition) is 2. The van der Waals surface area contributed by atoms with Gasteiger partial charge in [-0.15, -0.1) is 0 Å². The Kier molecular flexibility index (Phi) is 3.81. The smallest absolute Gasteiger partial charge is 0.340 e. The van der Waals surface area contributed by atoms with Crippen LogP contribution in [0.25, 0.3) is 0 Å². The predicted molar refractivity (Wildman–Crippen MR) is 75.7 cm³/mol. The zero-order valence-corrected chi connectivity index (χ0v) is 11.6. The highest BCUT2D eigenvalue weighted by Crippen LogP contribution is 2.24. The average molecular weight is 287 g/mol. The van der Waals surface area contributed by atoms with Crippen molar-refractivity contribution in [1.29, 1.82) is 0 Å². The van der Waals surface area contributed by atoms with Crippen molar-refractivity contribution in [2.75, 3.05) is 13.1 Å². The zero-order valence-electron chi connectivity index (χ0n) is 11.6. The lowest BCUT2D eigenvalue weighted by molar-refractivity contribution is -0.131. The number of pyridine rings is 1. The van der Waals surface area contributed by atoms with E-state index in [0.29, 0.717) is 18.8 Å². The van der Waals surface area contributed by atoms with E-state index >= 15 is 0 Å². The minimum Gasteiger partial charge on any atom is -0.342 e. The van der Waals surface area contributed by atoms with Crippen LogP contribution < -0.4 is 5.69 Å². The molecule has 2 aromatic heterocycles. The first-order chi connectivity index (χ1) is 10.2. The summed E-state index contributed by atoms with van der Waals surface area (Å²) in [6.45, 7) is 1.36. The molecule has 1 saturated heterocycles. The van der Waals surface area contributed by atoms with Gasteiger partial charge in [0.25, 0.3) is 0 Å². The van der Waals surface area contributed by atoms with Gasteiger partial charge >= 0.3 is 5.69 Å². The molecule has 0 bridgehead atoms. The summed E-state index contributed by atoms with van der Waals surface area (Å²) >= 11 is 0. The second kappa shape index (κ2) is 5.90. The van der Waals surface area contributed by atoms with Crippen molar-refractivity contribution in [1.82, 2.24) is 25.1 Å². The molecule has 0 spiro atoms. The molecule has 1 amide bonds. The van der Waals surface area contributed by atoms with Crippen molar-refractivity contribution >= 4 is 5.91 Å². The van der Waals surface area contributed by atoms with E-state index in [0.717, 1.165) is 24.9 Å². The minimum atomic E-state index is -0.301. The van der Waals surface area contributed by atoms with Gasteiger partial charge in [0, 0.05) is 31.4 Å². The lowest BCUT2D eigenvalue weighted by Gasteiger charge is -2.31. The van der Waals surface area contributed by atoms with Gasteiger partial charge < -0.3 is 4.90 Å². The lowest BCUT2D eigenvalue weighted by atomic mass is 9.97. The van der Waals surface area contributed by atoms with Gasteiger partial charge in [-0.05, 0) is 30.5 Å². The first-order valence-electron chi connectivity index (χ1n) is 7.03. The third kappa shape index (κ3) is 3.18. The highest BCUT2D eigenvalue weighted by Gasteiger charge is 2.26. The fourth-order valence-electron chi connectivity index (χ4n) is 2.69. The monoisotopic (exact) mass is 287 g/mol. The van der Waals surface area contributed by atoms with Crippen LogP contribution >= 0.6 is 0 Å². The number of piperidine rings is 1. The Morgan fingerprint density at radius 2 is 2.19 bits per heavy atom. The second-order valence-corrected chi connectivity index (χ2v) is 5.27. The van der Waals surface area contributed by atoms with Crippen LogP contribution in [0, 0.1) is 0 Å². The third-order valence-electron chi connectivity index (χ3n) is 3.79. The zero-order chi connectivity index (χ0) is 14.7. The molecule has 0 aromatic carbocycles. The number of H-pyrrole nitrogens is 2. The molecule has 0 radical (unpaired) electrons. The van der Waals surface area contributed by atoms with Crippen LogP contribution in [0.5, 0.6) is 0 Å². The largest absolute Gasteiger partial charge is 0.342 e. The van der Waals surface area contributed by atoms with E-state index in [-0.39, 0.29) is 17.5 Å². The molecule has 7 heteroatoms. The van der Waals surface area contributed by atoms with E-state index in [4.69, 9.17) is 0 Å². The Hall–Kier alpha value is -2.44. The molecule has 2 N–H and O–H groups in total. The molecule has 1 atom stereocenters. The molecule has 3 heterocycles. The highest BCUT2D eigenvalue weighted by atomic mass is 16.2. The molecule has 2 aromatic rings. The average Bonchev–Trinajstić information content (AvgIpc) is 2.95. The van der Waals surface area contributed by atoms with E-state index in [1.807, 2.05) is 17.0 Å². The summed E-state index contributed by atoms with van der Waals surface area (Å²) in [7, 11) is 0. The summed E-state index contributed by atoms with van der Waals surface area (Å²) in [6, 6.07) is 3.70. The molecule has 1 aliphatic rings. The van der Waals surface area contributed by atoms with Crippen molar-refractivity contribution in [2.24, 2.45) is 0 Å². The van der Waals surface area contributed by atoms with Crippen molar-refractivity contribution < 1.29 is 4.79 Å². The molecule has 110 valence electrons. The normalized spacial score (nSPS) is 18.7. The van der Waals surface area contributed by atoms with Gasteiger partial charge in [0.2, 0.25) is 5.91 Å². The lowest BCUT2D eigenvalue weighted by Crippen LogP contribution is -2.40. The summed E-state index contributed by atoms with van der Waals surface area (Å²) < 4.78 is 0. The van der Waals surface area contributed by atoms with Gasteiger partial charge in [-0.2, -0.15) is 5.10 Å². The fraction of sp³-hybridized carbons (Fsp3) is 0.429. The molecule has 21 heavy (non-hydrogen) atoms. The molecule has 3 rings (SSSR count). The SMILES string of the molecule is O=C(Cc1ccncc1)N1CCCC(c2n[nH]c(=O)[nH]2)C1. The molecular formula is C14H17N5O2. The van der Waals surface area contributed by atoms with Gasteiger partial charge in [0.05, 0.1) is 6.42 Å². The summed E-state index contributed by atoms with van der Waals surface area (Å²) in [5, 5.41) is 6.36. The Morgan fingerprint density at radius 1 is 1.38 bits per heavy atom. The van der Waals surface area contributed by atoms with E-state index in [2.05, 4.69) is 20.2 Å². The quantitative estimate of drug-likeness (QED) is 0.856. The second-order valence-electron chi connectivity index (χ2n) is 5.27. The Morgan fingerprint density at radius 3 is 2.90 bits per heavy atom. The third-order valence-corrected chi connectivity index (χ3v) is 3.79. The van der Waals surface area contributed by atoms with Gasteiger partial charge in [-0.25, -0.2) is 9.89 Å². The molecule has 1 unspecified atom stereocenters. The highest BCUT2D eigenvalue weighted by molar-refractivity contribution is 5.78. The first-order valence-corrected chi connectivity index (χ1v) is 7.03. The number of carbonyl (C=O) groups excluding carboxylic acids is 1. The number of carbonyl (C=O) groups is 1. The maximum Gasteiger partial charge on any atom is 0.340 e. The Balaban J connectivity index is 1.65. The number of amides is 1. The molecular weight excluding hydrogens is 270 g/mol. The molecule has 0 saturated carbocycles. The molecule has 1 aliphatic heterocycles. The van der Waals surface area contributed by atoms with Crippen molar-refractivity contribution in [2.45, 2.75) is 25.2 Å². The molecule has 7 nitrogen and oxygen atoms in total. The van der Waals surface area contributed by atoms with Crippen molar-refractivity contribution in [3.05, 3.63) is 46.4 Å². The van der Waals surface area contributed by atoms with Gasteiger partial charge in [0.15, 0.2) is 0 Å². The number of aromatic nitrogens is 4. The van der Waals surface area contributed by atoms with Crippen LogP contribution in [0.15, 0.2) is 29.3 Å². The van der Waals surface area contributed by atoms with E-state index in [1.54, 1.807) is 12.4 Å². The number of aromatic amines is 2. The maximum absolute atomic E-state index is 12.4. The molecule has 0 aliphatic carbocycles. The van der Waals surface area contributed by atoms with Crippen LogP contribution in [0.4, 0.5) is 0 Å². The van der Waals surface area contributed by atoms with E-state index in [9.17, 15) is 9.59 Å². The summed E-state index contributed by atoms with van der Waals surface area (Å²) in [6.07, 6.45) is 5.61. The van der Waals surface area contributed by atoms with E-state index in [1.165, 1.54) is 0 Å². The van der Waals surface area contributed by atoms with Gasteiger partial charge in [0.1, 0.15) is 5.82 Å². The first kappa shape index (κ1) is 13.5. The summed E-state index contributed by atoms with van der Waals surface area (Å²) in [4.78, 5) is 32.0. The van der Waals surface area contributed by atoms with Crippen molar-refractivity contribution in [3.63, 3.8) is 0 Å². The topological polar surface area (TPSA) is 94.7 Å². The minimum absolute atomic E-state index is 0.0964. The standard InChI is InChI=1S/C14H17N5O2/c20-12(8-10-3-5-15-6-4-10)19-7-1-2-11(9-19)13-16-14(21)18-17-13/h3-6,11H,1-2,7-9H2,(H2,16,17,18,21). The fourth-order valence-corrected chi connectivity index (χ4v) is 2.69. The van der Waals surface area contributed by atoms with Crippen LogP contribution in [-0.2, 0) is 11.2 Å². The van der Waals surface area contributed by atoms with Crippen LogP contribution in [0.1, 0.15) is 30.1 Å². The van der Waals surface area contributed by atoms with Gasteiger partial charge in [-0.1, -0.05) is 0 Å². The van der Waals surface area contributed by atoms with E-state index < -0.39 is 0 Å². The van der Waals surface area contributed by atoms with Crippen LogP contribution in [0.3, 0.4) is 0 Å². The van der Waals surface area contributed by atoms with Crippen LogP contribution in [-0.4, -0.2) is 44.1 Å².